The maximum absolute atomic E-state index is 12.5. The molecule has 0 bridgehead atoms. The number of aliphatic hydroxyl groups is 4. The predicted molar refractivity (Wildman–Crippen MR) is 210 cm³/mol. The first-order chi connectivity index (χ1) is 24.0. The summed E-state index contributed by atoms with van der Waals surface area (Å²) >= 11 is 0. The number of allylic oxidation sites excluding steroid dienone is 2. The molecular formula is C43H85NO5. The number of hydrogen-bond acceptors (Lipinski definition) is 5. The summed E-state index contributed by atoms with van der Waals surface area (Å²) in [6.45, 7) is 4.04. The minimum Gasteiger partial charge on any atom is -0.394 e. The zero-order chi connectivity index (χ0) is 36.0. The second kappa shape index (κ2) is 38.3. The Hall–Kier alpha value is -0.950. The van der Waals surface area contributed by atoms with Crippen LogP contribution in [0.15, 0.2) is 12.2 Å². The summed E-state index contributed by atoms with van der Waals surface area (Å²) in [6.07, 6.45) is 41.0. The molecule has 0 heterocycles. The molecule has 0 aromatic carbocycles. The first-order valence-corrected chi connectivity index (χ1v) is 21.6. The Morgan fingerprint density at radius 2 is 0.837 bits per heavy atom. The van der Waals surface area contributed by atoms with Gasteiger partial charge in [-0.1, -0.05) is 199 Å². The molecule has 49 heavy (non-hydrogen) atoms. The van der Waals surface area contributed by atoms with Crippen molar-refractivity contribution in [1.82, 2.24) is 5.32 Å². The normalized spacial score (nSPS) is 14.3. The van der Waals surface area contributed by atoms with E-state index in [0.29, 0.717) is 12.8 Å². The van der Waals surface area contributed by atoms with Gasteiger partial charge in [0.25, 0.3) is 0 Å². The highest BCUT2D eigenvalue weighted by molar-refractivity contribution is 5.80. The number of rotatable bonds is 39. The zero-order valence-electron chi connectivity index (χ0n) is 32.7. The molecular weight excluding hydrogens is 610 g/mol. The Morgan fingerprint density at radius 3 is 1.22 bits per heavy atom. The molecule has 4 atom stereocenters. The molecule has 6 heteroatoms. The summed E-state index contributed by atoms with van der Waals surface area (Å²) in [7, 11) is 0. The van der Waals surface area contributed by atoms with Crippen LogP contribution in [0, 0.1) is 0 Å². The highest BCUT2D eigenvalue weighted by Gasteiger charge is 2.28. The van der Waals surface area contributed by atoms with Crippen LogP contribution in [0.2, 0.25) is 0 Å². The zero-order valence-corrected chi connectivity index (χ0v) is 32.7. The maximum atomic E-state index is 12.5. The van der Waals surface area contributed by atoms with Gasteiger partial charge in [0.05, 0.1) is 18.8 Å². The molecule has 0 radical (unpaired) electrons. The second-order valence-corrected chi connectivity index (χ2v) is 15.0. The van der Waals surface area contributed by atoms with Crippen molar-refractivity contribution in [2.45, 2.75) is 250 Å². The highest BCUT2D eigenvalue weighted by atomic mass is 16.3. The Morgan fingerprint density at radius 1 is 0.490 bits per heavy atom. The first kappa shape index (κ1) is 48.0. The van der Waals surface area contributed by atoms with Crippen molar-refractivity contribution in [2.24, 2.45) is 0 Å². The number of nitrogens with one attached hydrogen (secondary N) is 1. The molecule has 1 amide bonds. The molecule has 0 saturated heterocycles. The Kier molecular flexibility index (Phi) is 37.5. The van der Waals surface area contributed by atoms with Gasteiger partial charge in [0.2, 0.25) is 5.91 Å². The van der Waals surface area contributed by atoms with Gasteiger partial charge in [0.1, 0.15) is 12.2 Å². The van der Waals surface area contributed by atoms with Crippen molar-refractivity contribution in [2.75, 3.05) is 6.61 Å². The van der Waals surface area contributed by atoms with Gasteiger partial charge in [-0.2, -0.15) is 0 Å². The Balaban J connectivity index is 3.77. The van der Waals surface area contributed by atoms with Crippen LogP contribution < -0.4 is 5.32 Å². The van der Waals surface area contributed by atoms with E-state index >= 15 is 0 Å². The van der Waals surface area contributed by atoms with Gasteiger partial charge in [-0.3, -0.25) is 4.79 Å². The minimum atomic E-state index is -1.28. The molecule has 0 spiro atoms. The van der Waals surface area contributed by atoms with Crippen molar-refractivity contribution in [1.29, 1.82) is 0 Å². The highest BCUT2D eigenvalue weighted by Crippen LogP contribution is 2.16. The van der Waals surface area contributed by atoms with Crippen LogP contribution in [0.4, 0.5) is 0 Å². The van der Waals surface area contributed by atoms with Crippen molar-refractivity contribution in [3.8, 4) is 0 Å². The molecule has 4 unspecified atom stereocenters. The molecule has 0 saturated carbocycles. The summed E-state index contributed by atoms with van der Waals surface area (Å²) < 4.78 is 0. The van der Waals surface area contributed by atoms with Crippen LogP contribution in [0.5, 0.6) is 0 Å². The minimum absolute atomic E-state index is 0.368. The van der Waals surface area contributed by atoms with E-state index in [0.717, 1.165) is 38.5 Å². The second-order valence-electron chi connectivity index (χ2n) is 15.0. The van der Waals surface area contributed by atoms with E-state index in [1.54, 1.807) is 0 Å². The molecule has 0 aromatic heterocycles. The van der Waals surface area contributed by atoms with Crippen molar-refractivity contribution < 1.29 is 25.2 Å². The summed E-state index contributed by atoms with van der Waals surface area (Å²) in [4.78, 5) is 12.5. The van der Waals surface area contributed by atoms with Crippen molar-refractivity contribution in [3.05, 3.63) is 12.2 Å². The number of aliphatic hydroxyl groups excluding tert-OH is 4. The third-order valence-corrected chi connectivity index (χ3v) is 10.2. The lowest BCUT2D eigenvalue weighted by molar-refractivity contribution is -0.132. The molecule has 6 nitrogen and oxygen atoms in total. The summed E-state index contributed by atoms with van der Waals surface area (Å²) in [5.74, 6) is -0.591. The number of hydrogen-bond donors (Lipinski definition) is 5. The van der Waals surface area contributed by atoms with E-state index in [1.807, 2.05) is 0 Å². The van der Waals surface area contributed by atoms with E-state index in [-0.39, 0.29) is 0 Å². The molecule has 0 fully saturated rings. The molecule has 0 aliphatic carbocycles. The molecule has 0 aliphatic rings. The van der Waals surface area contributed by atoms with Crippen LogP contribution in [0.3, 0.4) is 0 Å². The molecule has 0 aromatic rings. The molecule has 0 rings (SSSR count). The van der Waals surface area contributed by atoms with Crippen LogP contribution in [-0.2, 0) is 4.79 Å². The average Bonchev–Trinajstić information content (AvgIpc) is 3.11. The molecule has 292 valence electrons. The lowest BCUT2D eigenvalue weighted by Gasteiger charge is -2.27. The van der Waals surface area contributed by atoms with Gasteiger partial charge in [0.15, 0.2) is 0 Å². The Labute approximate surface area is 304 Å². The smallest absolute Gasteiger partial charge is 0.249 e. The monoisotopic (exact) mass is 696 g/mol. The van der Waals surface area contributed by atoms with Crippen LogP contribution in [0.25, 0.3) is 0 Å². The van der Waals surface area contributed by atoms with Gasteiger partial charge in [-0.05, 0) is 38.5 Å². The van der Waals surface area contributed by atoms with Gasteiger partial charge in [0, 0.05) is 0 Å². The first-order valence-electron chi connectivity index (χ1n) is 21.6. The topological polar surface area (TPSA) is 110 Å². The SMILES string of the molecule is CCCCCCCCCCCCCCC/C=C/CCCC(O)C(O)C(CO)NC(=O)C(O)CCCCCCCCCCCCCCCCC. The van der Waals surface area contributed by atoms with Gasteiger partial charge < -0.3 is 25.7 Å². The van der Waals surface area contributed by atoms with E-state index in [2.05, 4.69) is 31.3 Å². The lowest BCUT2D eigenvalue weighted by Crippen LogP contribution is -2.53. The van der Waals surface area contributed by atoms with Gasteiger partial charge in [-0.25, -0.2) is 0 Å². The van der Waals surface area contributed by atoms with E-state index in [9.17, 15) is 25.2 Å². The maximum Gasteiger partial charge on any atom is 0.249 e. The fraction of sp³-hybridized carbons (Fsp3) is 0.930. The fourth-order valence-corrected chi connectivity index (χ4v) is 6.76. The standard InChI is InChI=1S/C43H85NO5/c1-3-5-7-9-11-13-15-17-19-20-21-23-24-26-28-30-32-34-36-40(46)42(48)39(38-45)44-43(49)41(47)37-35-33-31-29-27-25-22-18-16-14-12-10-8-6-4-2/h28,30,39-42,45-48H,3-27,29,31-38H2,1-2H3,(H,44,49)/b30-28+. The number of amides is 1. The van der Waals surface area contributed by atoms with Gasteiger partial charge >= 0.3 is 0 Å². The molecule has 0 aliphatic heterocycles. The van der Waals surface area contributed by atoms with Crippen LogP contribution >= 0.6 is 0 Å². The predicted octanol–water partition coefficient (Wildman–Crippen LogP) is 11.0. The summed E-state index contributed by atoms with van der Waals surface area (Å²) in [5.41, 5.74) is 0. The summed E-state index contributed by atoms with van der Waals surface area (Å²) in [5, 5.41) is 43.6. The van der Waals surface area contributed by atoms with E-state index < -0.39 is 36.9 Å². The number of carbonyl (C=O) groups excluding carboxylic acids is 1. The number of carbonyl (C=O) groups is 1. The quantitative estimate of drug-likeness (QED) is 0.0325. The fourth-order valence-electron chi connectivity index (χ4n) is 6.76. The Bertz CT molecular complexity index is 702. The largest absolute Gasteiger partial charge is 0.394 e. The third-order valence-electron chi connectivity index (χ3n) is 10.2. The third kappa shape index (κ3) is 32.7. The van der Waals surface area contributed by atoms with E-state index in [4.69, 9.17) is 0 Å². The lowest BCUT2D eigenvalue weighted by atomic mass is 10.00. The number of unbranched alkanes of at least 4 members (excludes halogenated alkanes) is 28. The van der Waals surface area contributed by atoms with Crippen molar-refractivity contribution >= 4 is 5.91 Å². The average molecular weight is 696 g/mol. The van der Waals surface area contributed by atoms with Crippen molar-refractivity contribution in [3.63, 3.8) is 0 Å². The van der Waals surface area contributed by atoms with Crippen LogP contribution in [0.1, 0.15) is 226 Å². The van der Waals surface area contributed by atoms with E-state index in [1.165, 1.54) is 161 Å². The van der Waals surface area contributed by atoms with Crippen LogP contribution in [-0.4, -0.2) is 57.3 Å². The molecule has 5 N–H and O–H groups in total. The van der Waals surface area contributed by atoms with Gasteiger partial charge in [-0.15, -0.1) is 0 Å². The summed E-state index contributed by atoms with van der Waals surface area (Å²) in [6, 6.07) is -0.996.